The monoisotopic (exact) mass is 253 g/mol. The van der Waals surface area contributed by atoms with Crippen molar-refractivity contribution >= 4 is 11.7 Å². The van der Waals surface area contributed by atoms with Crippen molar-refractivity contribution in [2.45, 2.75) is 0 Å². The number of nitrogens with zero attached hydrogens (tertiary/aromatic N) is 3. The van der Waals surface area contributed by atoms with E-state index in [2.05, 4.69) is 15.3 Å². The predicted octanol–water partition coefficient (Wildman–Crippen LogP) is -0.305. The van der Waals surface area contributed by atoms with E-state index >= 15 is 0 Å². The standard InChI is InChI=1S/C11H16FN5O/c1-16-4-6-17(7-5-16)15-11(18)8-2-3-14-10(13)9(8)12/h2-3H,4-7H2,1H3,(H2,13,14)(H,15,18). The van der Waals surface area contributed by atoms with Crippen LogP contribution in [-0.2, 0) is 0 Å². The fraction of sp³-hybridized carbons (Fsp3) is 0.455. The molecule has 7 heteroatoms. The molecule has 0 radical (unpaired) electrons. The first-order valence-corrected chi connectivity index (χ1v) is 5.72. The number of rotatable bonds is 2. The van der Waals surface area contributed by atoms with E-state index in [1.807, 2.05) is 7.05 Å². The van der Waals surface area contributed by atoms with Crippen LogP contribution in [0.15, 0.2) is 12.3 Å². The average molecular weight is 253 g/mol. The van der Waals surface area contributed by atoms with Crippen molar-refractivity contribution in [2.75, 3.05) is 39.0 Å². The lowest BCUT2D eigenvalue weighted by Crippen LogP contribution is -2.52. The molecule has 3 N–H and O–H groups in total. The summed E-state index contributed by atoms with van der Waals surface area (Å²) in [4.78, 5) is 17.6. The Morgan fingerprint density at radius 1 is 1.44 bits per heavy atom. The van der Waals surface area contributed by atoms with Gasteiger partial charge in [-0.25, -0.2) is 14.4 Å². The third-order valence-electron chi connectivity index (χ3n) is 2.92. The van der Waals surface area contributed by atoms with Gasteiger partial charge in [-0.05, 0) is 13.1 Å². The van der Waals surface area contributed by atoms with Crippen molar-refractivity contribution in [1.82, 2.24) is 20.3 Å². The molecule has 18 heavy (non-hydrogen) atoms. The molecule has 0 aromatic carbocycles. The first kappa shape index (κ1) is 12.7. The Morgan fingerprint density at radius 3 is 2.78 bits per heavy atom. The first-order valence-electron chi connectivity index (χ1n) is 5.72. The van der Waals surface area contributed by atoms with Crippen molar-refractivity contribution < 1.29 is 9.18 Å². The van der Waals surface area contributed by atoms with Gasteiger partial charge in [0.1, 0.15) is 0 Å². The van der Waals surface area contributed by atoms with Crippen LogP contribution in [0.4, 0.5) is 10.2 Å². The number of nitrogens with two attached hydrogens (primary N) is 1. The third-order valence-corrected chi connectivity index (χ3v) is 2.92. The van der Waals surface area contributed by atoms with Gasteiger partial charge in [0.05, 0.1) is 5.56 Å². The van der Waals surface area contributed by atoms with Crippen LogP contribution in [0.3, 0.4) is 0 Å². The van der Waals surface area contributed by atoms with Crippen molar-refractivity contribution in [3.8, 4) is 0 Å². The van der Waals surface area contributed by atoms with Crippen molar-refractivity contribution in [3.63, 3.8) is 0 Å². The molecule has 0 spiro atoms. The molecular formula is C11H16FN5O. The van der Waals surface area contributed by atoms with Gasteiger partial charge in [0, 0.05) is 32.4 Å². The number of aromatic nitrogens is 1. The molecule has 1 aliphatic heterocycles. The van der Waals surface area contributed by atoms with Crippen molar-refractivity contribution in [2.24, 2.45) is 0 Å². The number of likely N-dealkylation sites (N-methyl/N-ethyl adjacent to an activating group) is 1. The van der Waals surface area contributed by atoms with Gasteiger partial charge in [-0.15, -0.1) is 0 Å². The van der Waals surface area contributed by atoms with Gasteiger partial charge in [-0.1, -0.05) is 0 Å². The van der Waals surface area contributed by atoms with Crippen LogP contribution in [0.5, 0.6) is 0 Å². The molecule has 1 aromatic rings. The lowest BCUT2D eigenvalue weighted by molar-refractivity contribution is 0.0658. The van der Waals surface area contributed by atoms with E-state index < -0.39 is 11.7 Å². The predicted molar refractivity (Wildman–Crippen MR) is 65.1 cm³/mol. The van der Waals surface area contributed by atoms with Crippen LogP contribution in [0.1, 0.15) is 10.4 Å². The lowest BCUT2D eigenvalue weighted by atomic mass is 10.2. The summed E-state index contributed by atoms with van der Waals surface area (Å²) in [7, 11) is 2.02. The first-order chi connectivity index (χ1) is 8.58. The Morgan fingerprint density at radius 2 is 2.11 bits per heavy atom. The zero-order valence-electron chi connectivity index (χ0n) is 10.2. The van der Waals surface area contributed by atoms with E-state index in [9.17, 15) is 9.18 Å². The zero-order chi connectivity index (χ0) is 13.1. The molecule has 0 bridgehead atoms. The molecular weight excluding hydrogens is 237 g/mol. The largest absolute Gasteiger partial charge is 0.381 e. The normalized spacial score (nSPS) is 17.7. The van der Waals surface area contributed by atoms with E-state index in [1.165, 1.54) is 12.3 Å². The second kappa shape index (κ2) is 5.28. The summed E-state index contributed by atoms with van der Waals surface area (Å²) in [6, 6.07) is 1.32. The number of anilines is 1. The quantitative estimate of drug-likeness (QED) is 0.756. The maximum absolute atomic E-state index is 13.6. The van der Waals surface area contributed by atoms with Gasteiger partial charge >= 0.3 is 0 Å². The maximum atomic E-state index is 13.6. The van der Waals surface area contributed by atoms with Crippen LogP contribution in [0.2, 0.25) is 0 Å². The third kappa shape index (κ3) is 2.74. The Kier molecular flexibility index (Phi) is 3.73. The molecule has 0 aliphatic carbocycles. The molecule has 6 nitrogen and oxygen atoms in total. The molecule has 2 rings (SSSR count). The van der Waals surface area contributed by atoms with Gasteiger partial charge in [-0.3, -0.25) is 10.2 Å². The van der Waals surface area contributed by atoms with E-state index in [0.717, 1.165) is 13.1 Å². The number of carbonyl (C=O) groups is 1. The van der Waals surface area contributed by atoms with Gasteiger partial charge in [-0.2, -0.15) is 0 Å². The molecule has 1 aromatic heterocycles. The number of amides is 1. The van der Waals surface area contributed by atoms with E-state index in [0.29, 0.717) is 13.1 Å². The number of carbonyl (C=O) groups excluding carboxylic acids is 1. The highest BCUT2D eigenvalue weighted by Crippen LogP contribution is 2.11. The molecule has 1 amide bonds. The maximum Gasteiger partial charge on any atom is 0.268 e. The smallest absolute Gasteiger partial charge is 0.268 e. The molecule has 1 aliphatic rings. The number of halogens is 1. The number of piperazine rings is 1. The molecule has 2 heterocycles. The van der Waals surface area contributed by atoms with Gasteiger partial charge in [0.2, 0.25) is 0 Å². The fourth-order valence-corrected chi connectivity index (χ4v) is 1.76. The molecule has 1 saturated heterocycles. The highest BCUT2D eigenvalue weighted by atomic mass is 19.1. The van der Waals surface area contributed by atoms with Crippen molar-refractivity contribution in [3.05, 3.63) is 23.6 Å². The summed E-state index contributed by atoms with van der Waals surface area (Å²) in [5.74, 6) is -1.53. The van der Waals surface area contributed by atoms with Crippen LogP contribution >= 0.6 is 0 Å². The van der Waals surface area contributed by atoms with Crippen LogP contribution in [-0.4, -0.2) is 54.0 Å². The second-order valence-corrected chi connectivity index (χ2v) is 4.29. The van der Waals surface area contributed by atoms with Gasteiger partial charge in [0.15, 0.2) is 11.6 Å². The minimum Gasteiger partial charge on any atom is -0.381 e. The summed E-state index contributed by atoms with van der Waals surface area (Å²) in [6.07, 6.45) is 1.32. The van der Waals surface area contributed by atoms with Crippen LogP contribution < -0.4 is 11.2 Å². The van der Waals surface area contributed by atoms with Crippen LogP contribution in [0.25, 0.3) is 0 Å². The molecule has 1 fully saturated rings. The fourth-order valence-electron chi connectivity index (χ4n) is 1.76. The summed E-state index contributed by atoms with van der Waals surface area (Å²) in [5.41, 5.74) is 7.91. The lowest BCUT2D eigenvalue weighted by Gasteiger charge is -2.32. The molecule has 0 atom stereocenters. The number of nitrogen functional groups attached to an aromatic ring is 1. The van der Waals surface area contributed by atoms with E-state index in [1.54, 1.807) is 5.01 Å². The minimum absolute atomic E-state index is 0.0820. The SMILES string of the molecule is CN1CCN(NC(=O)c2ccnc(N)c2F)CC1. The summed E-state index contributed by atoms with van der Waals surface area (Å²) >= 11 is 0. The number of hydrazine groups is 1. The second-order valence-electron chi connectivity index (χ2n) is 4.29. The molecule has 98 valence electrons. The average Bonchev–Trinajstić information content (AvgIpc) is 2.35. The van der Waals surface area contributed by atoms with Gasteiger partial charge < -0.3 is 10.6 Å². The number of hydrogen-bond donors (Lipinski definition) is 2. The topological polar surface area (TPSA) is 74.5 Å². The molecule has 0 unspecified atom stereocenters. The zero-order valence-corrected chi connectivity index (χ0v) is 10.2. The van der Waals surface area contributed by atoms with Gasteiger partial charge in [0.25, 0.3) is 5.91 Å². The minimum atomic E-state index is -0.774. The summed E-state index contributed by atoms with van der Waals surface area (Å²) < 4.78 is 13.6. The van der Waals surface area contributed by atoms with Crippen LogP contribution in [0, 0.1) is 5.82 Å². The Hall–Kier alpha value is -1.73. The Balaban J connectivity index is 2.01. The van der Waals surface area contributed by atoms with Crippen molar-refractivity contribution in [1.29, 1.82) is 0 Å². The van der Waals surface area contributed by atoms with E-state index in [-0.39, 0.29) is 11.4 Å². The summed E-state index contributed by atoms with van der Waals surface area (Å²) in [6.45, 7) is 3.15. The number of nitrogens with one attached hydrogen (secondary N) is 1. The Labute approximate surface area is 105 Å². The highest BCUT2D eigenvalue weighted by molar-refractivity contribution is 5.94. The number of pyridine rings is 1. The Bertz CT molecular complexity index is 445. The highest BCUT2D eigenvalue weighted by Gasteiger charge is 2.19. The number of hydrogen-bond acceptors (Lipinski definition) is 5. The summed E-state index contributed by atoms with van der Waals surface area (Å²) in [5, 5.41) is 1.78. The molecule has 0 saturated carbocycles. The van der Waals surface area contributed by atoms with E-state index in [4.69, 9.17) is 5.73 Å².